The molecule has 0 bridgehead atoms. The third kappa shape index (κ3) is 3.28. The van der Waals surface area contributed by atoms with Crippen molar-refractivity contribution in [3.8, 4) is 11.4 Å². The fourth-order valence-electron chi connectivity index (χ4n) is 3.22. The molecule has 4 rings (SSSR count). The van der Waals surface area contributed by atoms with E-state index in [9.17, 15) is 9.90 Å². The number of fused-ring (bicyclic) bond motifs is 4. The van der Waals surface area contributed by atoms with Crippen LogP contribution in [0.25, 0.3) is 16.7 Å². The van der Waals surface area contributed by atoms with Crippen LogP contribution in [0.5, 0.6) is 5.75 Å². The van der Waals surface area contributed by atoms with Crippen LogP contribution < -0.4 is 0 Å². The molecule has 0 aliphatic rings. The van der Waals surface area contributed by atoms with Crippen LogP contribution in [0.2, 0.25) is 0 Å². The van der Waals surface area contributed by atoms with E-state index in [1.54, 1.807) is 19.1 Å². The van der Waals surface area contributed by atoms with Crippen LogP contribution in [-0.4, -0.2) is 24.9 Å². The number of benzene rings is 2. The van der Waals surface area contributed by atoms with Gasteiger partial charge in [0, 0.05) is 48.4 Å². The van der Waals surface area contributed by atoms with Gasteiger partial charge in [0.2, 0.25) is 0 Å². The van der Waals surface area contributed by atoms with E-state index in [1.807, 2.05) is 59.1 Å². The number of nitrogens with zero attached hydrogens (tertiary/aromatic N) is 3. The second-order valence-corrected chi connectivity index (χ2v) is 7.61. The predicted molar refractivity (Wildman–Crippen MR) is 126 cm³/mol. The number of aromatic nitrogens is 3. The van der Waals surface area contributed by atoms with E-state index in [2.05, 4.69) is 43.8 Å². The molecule has 0 unspecified atom stereocenters. The molecule has 0 spiro atoms. The topological polar surface area (TPSA) is 51.0 Å². The van der Waals surface area contributed by atoms with Gasteiger partial charge in [-0.25, -0.2) is 0 Å². The lowest BCUT2D eigenvalue weighted by Crippen LogP contribution is -2.14. The molecule has 0 saturated heterocycles. The van der Waals surface area contributed by atoms with Crippen LogP contribution in [0.1, 0.15) is 43.6 Å². The number of ketones is 1. The number of halogens is 2. The highest BCUT2D eigenvalue weighted by atomic mass is 128. The molecule has 27 heavy (non-hydrogen) atoms. The first-order valence-corrected chi connectivity index (χ1v) is 14.7. The minimum Gasteiger partial charge on any atom is -0.505 e. The zero-order chi connectivity index (χ0) is 20.1. The van der Waals surface area contributed by atoms with Gasteiger partial charge in [-0.15, -0.1) is 14.1 Å². The van der Waals surface area contributed by atoms with Gasteiger partial charge in [-0.1, -0.05) is 39.5 Å². The zero-order valence-corrected chi connectivity index (χ0v) is 19.9. The summed E-state index contributed by atoms with van der Waals surface area (Å²) < 4.78 is 3.93. The Hall–Kier alpha value is -1.49. The monoisotopic (exact) mass is 589 g/mol. The smallest absolute Gasteiger partial charge is 0.188 e. The average Bonchev–Trinajstić information content (AvgIpc) is 3.28. The first kappa shape index (κ1) is 20.2. The molecule has 2 aromatic heterocycles. The Morgan fingerprint density at radius 3 is 2.04 bits per heavy atom. The summed E-state index contributed by atoms with van der Waals surface area (Å²) >= 11 is 4.24. The number of carbonyl (C=O) groups is 1. The number of hydrogen-bond acceptors (Lipinski definition) is 2. The van der Waals surface area contributed by atoms with E-state index in [1.165, 1.54) is 0 Å². The lowest BCUT2D eigenvalue weighted by Gasteiger charge is -2.22. The molecule has 0 saturated carbocycles. The Bertz CT molecular complexity index is 1100. The van der Waals surface area contributed by atoms with E-state index in [4.69, 9.17) is 0 Å². The standard InChI is InChI=1S/C20H21N3O2.I2/c1-12(2)18(24)13-10-14(20(3,4)5)19(25)17(11-13)23-21-15-8-6-7-9-16(15)22(21)23;1-2/h6-11,25H,1H2,2-5H3;. The minimum atomic E-state index is -0.295. The van der Waals surface area contributed by atoms with Crippen molar-refractivity contribution in [1.82, 2.24) is 14.1 Å². The Morgan fingerprint density at radius 1 is 1.07 bits per heavy atom. The molecule has 142 valence electrons. The number of hydrogen-bond donors (Lipinski definition) is 1. The van der Waals surface area contributed by atoms with E-state index in [-0.39, 0.29) is 16.9 Å². The van der Waals surface area contributed by atoms with Gasteiger partial charge >= 0.3 is 0 Å². The number of phenols is 1. The molecular weight excluding hydrogens is 568 g/mol. The summed E-state index contributed by atoms with van der Waals surface area (Å²) in [6.07, 6.45) is 0. The highest BCUT2D eigenvalue weighted by Gasteiger charge is 2.30. The number of aromatic hydroxyl groups is 1. The maximum Gasteiger partial charge on any atom is 0.188 e. The van der Waals surface area contributed by atoms with Crippen molar-refractivity contribution >= 4 is 54.0 Å². The number of para-hydroxylation sites is 2. The van der Waals surface area contributed by atoms with Crippen LogP contribution in [0.15, 0.2) is 48.6 Å². The van der Waals surface area contributed by atoms with Gasteiger partial charge in [0.05, 0.1) is 0 Å². The summed E-state index contributed by atoms with van der Waals surface area (Å²) in [7, 11) is 0. The van der Waals surface area contributed by atoms with Crippen molar-refractivity contribution in [2.24, 2.45) is 0 Å². The van der Waals surface area contributed by atoms with Crippen molar-refractivity contribution < 1.29 is 9.90 Å². The fraction of sp³-hybridized carbons (Fsp3) is 0.250. The maximum absolute atomic E-state index is 12.5. The molecule has 0 fully saturated rings. The van der Waals surface area contributed by atoms with E-state index in [0.29, 0.717) is 16.8 Å². The normalized spacial score (nSPS) is 11.8. The molecule has 0 atom stereocenters. The van der Waals surface area contributed by atoms with E-state index >= 15 is 0 Å². The molecule has 5 nitrogen and oxygen atoms in total. The second-order valence-electron chi connectivity index (χ2n) is 7.61. The molecule has 2 aromatic carbocycles. The summed E-state index contributed by atoms with van der Waals surface area (Å²) in [5.74, 6) is 0.0922. The lowest BCUT2D eigenvalue weighted by molar-refractivity contribution is 0.103. The molecule has 7 heteroatoms. The molecule has 0 aliphatic heterocycles. The minimum absolute atomic E-state index is 0.108. The highest BCUT2D eigenvalue weighted by Crippen LogP contribution is 2.39. The molecule has 2 heterocycles. The molecule has 0 amide bonds. The van der Waals surface area contributed by atoms with Crippen molar-refractivity contribution in [3.05, 3.63) is 59.7 Å². The van der Waals surface area contributed by atoms with Gasteiger partial charge in [0.25, 0.3) is 0 Å². The van der Waals surface area contributed by atoms with Gasteiger partial charge in [0.1, 0.15) is 22.5 Å². The summed E-state index contributed by atoms with van der Waals surface area (Å²) in [6.45, 7) is 11.5. The second kappa shape index (κ2) is 7.16. The summed E-state index contributed by atoms with van der Waals surface area (Å²) in [6, 6.07) is 11.5. The molecule has 0 aliphatic carbocycles. The lowest BCUT2D eigenvalue weighted by atomic mass is 9.84. The van der Waals surface area contributed by atoms with Crippen LogP contribution in [0, 0.1) is 0 Å². The molecular formula is C20H21I2N3O2. The average molecular weight is 589 g/mol. The van der Waals surface area contributed by atoms with Crippen molar-refractivity contribution in [2.45, 2.75) is 33.1 Å². The van der Waals surface area contributed by atoms with Crippen molar-refractivity contribution in [3.63, 3.8) is 0 Å². The number of Topliss-reactive ketones (excluding diaryl/α,β-unsaturated/α-hetero) is 1. The van der Waals surface area contributed by atoms with Crippen LogP contribution in [0.3, 0.4) is 0 Å². The van der Waals surface area contributed by atoms with Gasteiger partial charge in [-0.3, -0.25) is 4.79 Å². The predicted octanol–water partition coefficient (Wildman–Crippen LogP) is 5.95. The Labute approximate surface area is 181 Å². The number of allylic oxidation sites excluding steroid dienone is 1. The highest BCUT2D eigenvalue weighted by molar-refractivity contribution is 15.0. The van der Waals surface area contributed by atoms with Crippen LogP contribution >= 0.6 is 37.2 Å². The fourth-order valence-corrected chi connectivity index (χ4v) is 3.22. The van der Waals surface area contributed by atoms with Gasteiger partial charge < -0.3 is 5.11 Å². The zero-order valence-electron chi connectivity index (χ0n) is 15.6. The van der Waals surface area contributed by atoms with Crippen molar-refractivity contribution in [1.29, 1.82) is 0 Å². The van der Waals surface area contributed by atoms with Gasteiger partial charge in [0.15, 0.2) is 5.78 Å². The number of phenolic OH excluding ortho intramolecular Hbond substituents is 1. The quantitative estimate of drug-likeness (QED) is 0.183. The Morgan fingerprint density at radius 2 is 1.59 bits per heavy atom. The summed E-state index contributed by atoms with van der Waals surface area (Å²) in [5.41, 5.74) is 4.24. The summed E-state index contributed by atoms with van der Waals surface area (Å²) in [5, 5.41) is 10.9. The van der Waals surface area contributed by atoms with E-state index in [0.717, 1.165) is 16.6 Å². The maximum atomic E-state index is 12.5. The molecule has 1 N–H and O–H groups in total. The number of carbonyl (C=O) groups excluding carboxylic acids is 1. The van der Waals surface area contributed by atoms with Crippen molar-refractivity contribution in [2.75, 3.05) is 0 Å². The SMILES string of the molecule is C=C(C)C(=O)c1cc(-n2n3c4ccccc4n23)c(O)c(C(C)(C)C)c1.II. The number of rotatable bonds is 3. The van der Waals surface area contributed by atoms with Crippen LogP contribution in [0.4, 0.5) is 0 Å². The Kier molecular flexibility index (Phi) is 5.37. The Balaban J connectivity index is 0.00000102. The summed E-state index contributed by atoms with van der Waals surface area (Å²) in [4.78, 5) is 14.4. The van der Waals surface area contributed by atoms with E-state index < -0.39 is 0 Å². The third-order valence-corrected chi connectivity index (χ3v) is 4.58. The van der Waals surface area contributed by atoms with Crippen LogP contribution in [-0.2, 0) is 5.41 Å². The first-order chi connectivity index (χ1) is 12.7. The first-order valence-electron chi connectivity index (χ1n) is 8.43. The molecule has 0 radical (unpaired) electrons. The molecule has 4 aromatic rings. The van der Waals surface area contributed by atoms with Gasteiger partial charge in [-0.05, 0) is 42.2 Å². The van der Waals surface area contributed by atoms with Gasteiger partial charge in [-0.2, -0.15) is 0 Å². The third-order valence-electron chi connectivity index (χ3n) is 4.58. The largest absolute Gasteiger partial charge is 0.505 e.